The summed E-state index contributed by atoms with van der Waals surface area (Å²) in [4.78, 5) is 0. The van der Waals surface area contributed by atoms with Gasteiger partial charge in [0.15, 0.2) is 0 Å². The largest absolute Gasteiger partial charge is 0.508 e. The van der Waals surface area contributed by atoms with Gasteiger partial charge in [0.05, 0.1) is 13.7 Å². The Morgan fingerprint density at radius 1 is 1.47 bits per heavy atom. The Hall–Kier alpha value is -1.26. The van der Waals surface area contributed by atoms with Crippen molar-refractivity contribution in [1.82, 2.24) is 5.32 Å². The number of ether oxygens (including phenoxy) is 1. The Kier molecular flexibility index (Phi) is 4.39. The van der Waals surface area contributed by atoms with Crippen LogP contribution in [0.15, 0.2) is 18.2 Å². The smallest absolute Gasteiger partial charge is 0.120 e. The van der Waals surface area contributed by atoms with Gasteiger partial charge in [-0.25, -0.2) is 0 Å². The van der Waals surface area contributed by atoms with Gasteiger partial charge in [0.25, 0.3) is 0 Å². The molecule has 4 nitrogen and oxygen atoms in total. The fraction of sp³-hybridized carbons (Fsp3) is 0.455. The molecule has 0 aliphatic heterocycles. The van der Waals surface area contributed by atoms with Crippen molar-refractivity contribution < 1.29 is 14.9 Å². The van der Waals surface area contributed by atoms with E-state index in [0.717, 1.165) is 5.56 Å². The summed E-state index contributed by atoms with van der Waals surface area (Å²) in [6.45, 7) is 2.45. The molecular formula is C11H17NO3. The number of methoxy groups -OCH3 is 1. The third kappa shape index (κ3) is 3.42. The van der Waals surface area contributed by atoms with Gasteiger partial charge in [-0.3, -0.25) is 0 Å². The zero-order valence-electron chi connectivity index (χ0n) is 9.03. The number of rotatable bonds is 5. The predicted molar refractivity (Wildman–Crippen MR) is 58.0 cm³/mol. The second-order valence-corrected chi connectivity index (χ2v) is 3.46. The van der Waals surface area contributed by atoms with Crippen LogP contribution in [-0.2, 0) is 6.54 Å². The van der Waals surface area contributed by atoms with E-state index in [0.29, 0.717) is 12.3 Å². The molecular weight excluding hydrogens is 194 g/mol. The topological polar surface area (TPSA) is 61.7 Å². The zero-order chi connectivity index (χ0) is 11.3. The summed E-state index contributed by atoms with van der Waals surface area (Å²) in [7, 11) is 1.58. The molecule has 1 aromatic carbocycles. The summed E-state index contributed by atoms with van der Waals surface area (Å²) in [6.07, 6.45) is 0. The quantitative estimate of drug-likeness (QED) is 0.676. The normalized spacial score (nSPS) is 12.5. The molecule has 1 rings (SSSR count). The van der Waals surface area contributed by atoms with Gasteiger partial charge in [-0.15, -0.1) is 0 Å². The second-order valence-electron chi connectivity index (χ2n) is 3.46. The SMILES string of the molecule is COc1ccc(O)c(CN[C@H](C)CO)c1. The van der Waals surface area contributed by atoms with Crippen LogP contribution >= 0.6 is 0 Å². The van der Waals surface area contributed by atoms with E-state index in [2.05, 4.69) is 5.32 Å². The highest BCUT2D eigenvalue weighted by atomic mass is 16.5. The molecule has 3 N–H and O–H groups in total. The van der Waals surface area contributed by atoms with E-state index in [-0.39, 0.29) is 18.4 Å². The van der Waals surface area contributed by atoms with E-state index in [1.165, 1.54) is 0 Å². The van der Waals surface area contributed by atoms with Crippen LogP contribution in [0.1, 0.15) is 12.5 Å². The maximum atomic E-state index is 9.56. The summed E-state index contributed by atoms with van der Waals surface area (Å²) >= 11 is 0. The van der Waals surface area contributed by atoms with Gasteiger partial charge in [0, 0.05) is 18.2 Å². The first-order chi connectivity index (χ1) is 7.17. The van der Waals surface area contributed by atoms with E-state index in [4.69, 9.17) is 9.84 Å². The van der Waals surface area contributed by atoms with Crippen LogP contribution in [0.5, 0.6) is 11.5 Å². The van der Waals surface area contributed by atoms with Crippen LogP contribution in [0.3, 0.4) is 0 Å². The fourth-order valence-electron chi connectivity index (χ4n) is 1.18. The number of hydrogen-bond donors (Lipinski definition) is 3. The second kappa shape index (κ2) is 5.58. The molecule has 0 amide bonds. The first-order valence-electron chi connectivity index (χ1n) is 4.87. The van der Waals surface area contributed by atoms with Gasteiger partial charge in [0.2, 0.25) is 0 Å². The number of nitrogens with one attached hydrogen (secondary N) is 1. The average molecular weight is 211 g/mol. The first-order valence-corrected chi connectivity index (χ1v) is 4.87. The summed E-state index contributed by atoms with van der Waals surface area (Å²) in [6, 6.07) is 5.08. The van der Waals surface area contributed by atoms with Crippen molar-refractivity contribution in [3.05, 3.63) is 23.8 Å². The van der Waals surface area contributed by atoms with Crippen molar-refractivity contribution in [2.75, 3.05) is 13.7 Å². The number of benzene rings is 1. The summed E-state index contributed by atoms with van der Waals surface area (Å²) in [5.41, 5.74) is 0.759. The number of aromatic hydroxyl groups is 1. The molecule has 84 valence electrons. The third-order valence-corrected chi connectivity index (χ3v) is 2.20. The molecule has 0 saturated heterocycles. The molecule has 1 aromatic rings. The van der Waals surface area contributed by atoms with Crippen molar-refractivity contribution >= 4 is 0 Å². The highest BCUT2D eigenvalue weighted by Gasteiger charge is 2.05. The highest BCUT2D eigenvalue weighted by molar-refractivity contribution is 5.39. The molecule has 0 spiro atoms. The average Bonchev–Trinajstić information content (AvgIpc) is 2.27. The number of aliphatic hydroxyl groups is 1. The maximum absolute atomic E-state index is 9.56. The molecule has 0 fully saturated rings. The van der Waals surface area contributed by atoms with Gasteiger partial charge >= 0.3 is 0 Å². The molecule has 0 saturated carbocycles. The van der Waals surface area contributed by atoms with E-state index < -0.39 is 0 Å². The zero-order valence-corrected chi connectivity index (χ0v) is 9.03. The van der Waals surface area contributed by atoms with Crippen molar-refractivity contribution in [3.63, 3.8) is 0 Å². The molecule has 0 radical (unpaired) electrons. The molecule has 0 bridgehead atoms. The lowest BCUT2D eigenvalue weighted by atomic mass is 10.2. The number of aliphatic hydroxyl groups excluding tert-OH is 1. The molecule has 0 aliphatic carbocycles. The standard InChI is InChI=1S/C11H17NO3/c1-8(7-13)12-6-9-5-10(15-2)3-4-11(9)14/h3-5,8,12-14H,6-7H2,1-2H3/t8-/m1/s1. The minimum Gasteiger partial charge on any atom is -0.508 e. The third-order valence-electron chi connectivity index (χ3n) is 2.20. The van der Waals surface area contributed by atoms with Gasteiger partial charge in [-0.05, 0) is 25.1 Å². The van der Waals surface area contributed by atoms with Gasteiger partial charge in [-0.1, -0.05) is 0 Å². The Morgan fingerprint density at radius 3 is 2.80 bits per heavy atom. The van der Waals surface area contributed by atoms with Crippen molar-refractivity contribution in [3.8, 4) is 11.5 Å². The minimum absolute atomic E-state index is 0.00982. The number of hydrogen-bond acceptors (Lipinski definition) is 4. The van der Waals surface area contributed by atoms with Gasteiger partial charge in [0.1, 0.15) is 11.5 Å². The van der Waals surface area contributed by atoms with Crippen LogP contribution in [0.2, 0.25) is 0 Å². The Labute approximate surface area is 89.5 Å². The number of phenolic OH excluding ortho intramolecular Hbond substituents is 1. The lowest BCUT2D eigenvalue weighted by Gasteiger charge is -2.12. The monoisotopic (exact) mass is 211 g/mol. The van der Waals surface area contributed by atoms with Crippen LogP contribution in [0, 0.1) is 0 Å². The lowest BCUT2D eigenvalue weighted by molar-refractivity contribution is 0.250. The summed E-state index contributed by atoms with van der Waals surface area (Å²) in [5.74, 6) is 0.940. The van der Waals surface area contributed by atoms with E-state index >= 15 is 0 Å². The van der Waals surface area contributed by atoms with Crippen LogP contribution in [0.25, 0.3) is 0 Å². The molecule has 0 aliphatic rings. The molecule has 0 heterocycles. The van der Waals surface area contributed by atoms with E-state index in [9.17, 15) is 5.11 Å². The van der Waals surface area contributed by atoms with E-state index in [1.807, 2.05) is 6.92 Å². The Balaban J connectivity index is 2.66. The Bertz CT molecular complexity index is 315. The molecule has 1 atom stereocenters. The molecule has 4 heteroatoms. The van der Waals surface area contributed by atoms with Crippen molar-refractivity contribution in [1.29, 1.82) is 0 Å². The maximum Gasteiger partial charge on any atom is 0.120 e. The fourth-order valence-corrected chi connectivity index (χ4v) is 1.18. The number of phenols is 1. The van der Waals surface area contributed by atoms with Crippen LogP contribution in [0.4, 0.5) is 0 Å². The molecule has 0 unspecified atom stereocenters. The highest BCUT2D eigenvalue weighted by Crippen LogP contribution is 2.22. The Morgan fingerprint density at radius 2 is 2.20 bits per heavy atom. The van der Waals surface area contributed by atoms with Gasteiger partial charge in [-0.2, -0.15) is 0 Å². The minimum atomic E-state index is 0.00982. The first kappa shape index (κ1) is 11.8. The lowest BCUT2D eigenvalue weighted by Crippen LogP contribution is -2.28. The van der Waals surface area contributed by atoms with Crippen molar-refractivity contribution in [2.45, 2.75) is 19.5 Å². The van der Waals surface area contributed by atoms with Crippen molar-refractivity contribution in [2.24, 2.45) is 0 Å². The predicted octanol–water partition coefficient (Wildman–Crippen LogP) is 0.871. The van der Waals surface area contributed by atoms with Gasteiger partial charge < -0.3 is 20.3 Å². The summed E-state index contributed by atoms with van der Waals surface area (Å²) < 4.78 is 5.05. The van der Waals surface area contributed by atoms with E-state index in [1.54, 1.807) is 25.3 Å². The molecule has 0 aromatic heterocycles. The molecule has 15 heavy (non-hydrogen) atoms. The van der Waals surface area contributed by atoms with Crippen LogP contribution in [-0.4, -0.2) is 30.0 Å². The van der Waals surface area contributed by atoms with Crippen LogP contribution < -0.4 is 10.1 Å². The summed E-state index contributed by atoms with van der Waals surface area (Å²) in [5, 5.41) is 21.5.